The van der Waals surface area contributed by atoms with E-state index in [0.717, 1.165) is 54.8 Å². The van der Waals surface area contributed by atoms with E-state index in [4.69, 9.17) is 28.2 Å². The molecule has 1 atom stereocenters. The molecule has 3 heterocycles. The second-order valence-corrected chi connectivity index (χ2v) is 9.38. The Kier molecular flexibility index (Phi) is 6.59. The van der Waals surface area contributed by atoms with E-state index < -0.39 is 5.82 Å². The summed E-state index contributed by atoms with van der Waals surface area (Å²) in [5.74, 6) is -0.149. The molecule has 0 saturated carbocycles. The Morgan fingerprint density at radius 3 is 2.74 bits per heavy atom. The van der Waals surface area contributed by atoms with Crippen LogP contribution in [-0.2, 0) is 13.1 Å². The molecule has 1 aliphatic heterocycles. The first-order valence-corrected chi connectivity index (χ1v) is 12.0. The third-order valence-corrected chi connectivity index (χ3v) is 6.79. The number of nitrogens with one attached hydrogen (secondary N) is 2. The number of benzene rings is 2. The Morgan fingerprint density at radius 1 is 1.18 bits per heavy atom. The highest BCUT2D eigenvalue weighted by atomic mass is 35.5. The number of rotatable bonds is 6. The van der Waals surface area contributed by atoms with E-state index in [1.54, 1.807) is 12.3 Å². The van der Waals surface area contributed by atoms with Crippen LogP contribution in [0.15, 0.2) is 48.7 Å². The summed E-state index contributed by atoms with van der Waals surface area (Å²) in [6.45, 7) is 3.07. The van der Waals surface area contributed by atoms with E-state index >= 15 is 0 Å². The molecule has 0 unspecified atom stereocenters. The number of aromatic hydroxyl groups is 1. The molecule has 2 aromatic carbocycles. The van der Waals surface area contributed by atoms with Gasteiger partial charge in [0.1, 0.15) is 5.65 Å². The normalized spacial score (nSPS) is 16.1. The fraction of sp³-hybridized carbons (Fsp3) is 0.280. The molecule has 3 N–H and O–H groups in total. The van der Waals surface area contributed by atoms with Gasteiger partial charge in [0.15, 0.2) is 11.6 Å². The van der Waals surface area contributed by atoms with Gasteiger partial charge < -0.3 is 20.3 Å². The second-order valence-electron chi connectivity index (χ2n) is 8.56. The maximum Gasteiger partial charge on any atom is 0.224 e. The second kappa shape index (κ2) is 9.78. The van der Waals surface area contributed by atoms with Gasteiger partial charge in [-0.3, -0.25) is 0 Å². The highest BCUT2D eigenvalue weighted by molar-refractivity contribution is 6.39. The molecule has 1 aliphatic rings. The summed E-state index contributed by atoms with van der Waals surface area (Å²) >= 11 is 13.1. The Morgan fingerprint density at radius 2 is 2.00 bits per heavy atom. The summed E-state index contributed by atoms with van der Waals surface area (Å²) in [6.07, 6.45) is 4.04. The van der Waals surface area contributed by atoms with Crippen molar-refractivity contribution in [3.05, 3.63) is 70.1 Å². The van der Waals surface area contributed by atoms with Crippen molar-refractivity contribution in [2.24, 2.45) is 5.92 Å². The molecule has 0 aliphatic carbocycles. The van der Waals surface area contributed by atoms with Crippen molar-refractivity contribution in [1.82, 2.24) is 19.9 Å². The minimum atomic E-state index is -0.660. The molecule has 0 radical (unpaired) electrons. The summed E-state index contributed by atoms with van der Waals surface area (Å²) in [6, 6.07) is 11.8. The number of aromatic nitrogens is 3. The van der Waals surface area contributed by atoms with Crippen LogP contribution in [0.25, 0.3) is 22.3 Å². The Bertz CT molecular complexity index is 1320. The minimum absolute atomic E-state index is 0.319. The van der Waals surface area contributed by atoms with E-state index in [0.29, 0.717) is 34.0 Å². The molecule has 5 rings (SSSR count). The van der Waals surface area contributed by atoms with Gasteiger partial charge in [0.25, 0.3) is 0 Å². The smallest absolute Gasteiger partial charge is 0.224 e. The third kappa shape index (κ3) is 4.69. The van der Waals surface area contributed by atoms with Crippen molar-refractivity contribution < 1.29 is 9.50 Å². The molecule has 176 valence electrons. The largest absolute Gasteiger partial charge is 0.505 e. The first-order chi connectivity index (χ1) is 16.5. The Hall–Kier alpha value is -2.87. The summed E-state index contributed by atoms with van der Waals surface area (Å²) in [7, 11) is 0. The number of phenolic OH excluding ortho intramolecular Hbond substituents is 1. The van der Waals surface area contributed by atoms with Crippen molar-refractivity contribution in [2.75, 3.05) is 18.4 Å². The van der Waals surface area contributed by atoms with Gasteiger partial charge in [-0.25, -0.2) is 9.37 Å². The SMILES string of the molecule is Oc1ccc(CNc2ncc3cc(-c4c(Cl)cccc4Cl)n(C[C@@H]4CCCNC4)c3n2)cc1F. The predicted octanol–water partition coefficient (Wildman–Crippen LogP) is 5.86. The van der Waals surface area contributed by atoms with Crippen molar-refractivity contribution in [3.63, 3.8) is 0 Å². The Labute approximate surface area is 206 Å². The highest BCUT2D eigenvalue weighted by Crippen LogP contribution is 2.38. The van der Waals surface area contributed by atoms with Gasteiger partial charge in [-0.2, -0.15) is 4.98 Å². The van der Waals surface area contributed by atoms with Crippen molar-refractivity contribution >= 4 is 40.2 Å². The minimum Gasteiger partial charge on any atom is -0.505 e. The number of halogens is 3. The molecular formula is C25H24Cl2FN5O. The zero-order valence-electron chi connectivity index (χ0n) is 18.4. The van der Waals surface area contributed by atoms with Gasteiger partial charge in [0.2, 0.25) is 5.95 Å². The number of piperidine rings is 1. The lowest BCUT2D eigenvalue weighted by Gasteiger charge is -2.24. The fourth-order valence-electron chi connectivity index (χ4n) is 4.44. The van der Waals surface area contributed by atoms with Crippen LogP contribution in [0.1, 0.15) is 18.4 Å². The predicted molar refractivity (Wildman–Crippen MR) is 134 cm³/mol. The zero-order valence-corrected chi connectivity index (χ0v) is 19.9. The molecule has 6 nitrogen and oxygen atoms in total. The van der Waals surface area contributed by atoms with E-state index in [9.17, 15) is 9.50 Å². The molecule has 1 saturated heterocycles. The molecule has 2 aromatic heterocycles. The van der Waals surface area contributed by atoms with Crippen LogP contribution < -0.4 is 10.6 Å². The number of hydrogen-bond donors (Lipinski definition) is 3. The number of fused-ring (bicyclic) bond motifs is 1. The molecular weight excluding hydrogens is 476 g/mol. The lowest BCUT2D eigenvalue weighted by molar-refractivity contribution is 0.341. The van der Waals surface area contributed by atoms with E-state index in [2.05, 4.69) is 20.2 Å². The summed E-state index contributed by atoms with van der Waals surface area (Å²) < 4.78 is 15.9. The zero-order chi connectivity index (χ0) is 23.7. The van der Waals surface area contributed by atoms with Crippen molar-refractivity contribution in [3.8, 4) is 17.0 Å². The molecule has 0 bridgehead atoms. The molecule has 34 heavy (non-hydrogen) atoms. The number of phenols is 1. The van der Waals surface area contributed by atoms with Crippen LogP contribution in [0.5, 0.6) is 5.75 Å². The van der Waals surface area contributed by atoms with Crippen molar-refractivity contribution in [2.45, 2.75) is 25.9 Å². The number of hydrogen-bond acceptors (Lipinski definition) is 5. The molecule has 9 heteroatoms. The van der Waals surface area contributed by atoms with Crippen LogP contribution in [0.4, 0.5) is 10.3 Å². The fourth-order valence-corrected chi connectivity index (χ4v) is 5.03. The molecule has 4 aromatic rings. The van der Waals surface area contributed by atoms with Crippen LogP contribution >= 0.6 is 23.2 Å². The average Bonchev–Trinajstić information content (AvgIpc) is 3.17. The first kappa shape index (κ1) is 22.9. The van der Waals surface area contributed by atoms with Gasteiger partial charge in [-0.15, -0.1) is 0 Å². The van der Waals surface area contributed by atoms with Gasteiger partial charge in [-0.1, -0.05) is 35.3 Å². The highest BCUT2D eigenvalue weighted by Gasteiger charge is 2.21. The van der Waals surface area contributed by atoms with Crippen LogP contribution in [0, 0.1) is 11.7 Å². The maximum atomic E-state index is 13.7. The van der Waals surface area contributed by atoms with Gasteiger partial charge in [0, 0.05) is 30.2 Å². The number of anilines is 1. The van der Waals surface area contributed by atoms with Gasteiger partial charge in [0.05, 0.1) is 15.7 Å². The Balaban J connectivity index is 1.52. The molecule has 1 fully saturated rings. The molecule has 0 spiro atoms. The maximum absolute atomic E-state index is 13.7. The van der Waals surface area contributed by atoms with Crippen LogP contribution in [0.3, 0.4) is 0 Å². The molecule has 0 amide bonds. The lowest BCUT2D eigenvalue weighted by Crippen LogP contribution is -2.32. The van der Waals surface area contributed by atoms with Crippen LogP contribution in [-0.4, -0.2) is 32.7 Å². The van der Waals surface area contributed by atoms with Crippen LogP contribution in [0.2, 0.25) is 10.0 Å². The first-order valence-electron chi connectivity index (χ1n) is 11.2. The van der Waals surface area contributed by atoms with Gasteiger partial charge in [-0.05, 0) is 67.7 Å². The number of nitrogens with zero attached hydrogens (tertiary/aromatic N) is 3. The van der Waals surface area contributed by atoms with Crippen molar-refractivity contribution in [1.29, 1.82) is 0 Å². The third-order valence-electron chi connectivity index (χ3n) is 6.16. The average molecular weight is 500 g/mol. The topological polar surface area (TPSA) is 75.0 Å². The summed E-state index contributed by atoms with van der Waals surface area (Å²) in [5, 5.41) is 18.1. The van der Waals surface area contributed by atoms with E-state index in [-0.39, 0.29) is 5.75 Å². The standard InChI is InChI=1S/C25H24Cl2FN5O/c26-18-4-1-5-19(27)23(18)21-10-17-13-31-25(30-12-15-6-7-22(34)20(28)9-15)32-24(17)33(21)14-16-3-2-8-29-11-16/h1,4-7,9-10,13,16,29,34H,2-3,8,11-12,14H2,(H,30,31,32)/t16-/m1/s1. The summed E-state index contributed by atoms with van der Waals surface area (Å²) in [5.41, 5.74) is 3.14. The quantitative estimate of drug-likeness (QED) is 0.309. The van der Waals surface area contributed by atoms with E-state index in [1.165, 1.54) is 12.1 Å². The lowest BCUT2D eigenvalue weighted by atomic mass is 9.99. The monoisotopic (exact) mass is 499 g/mol. The summed E-state index contributed by atoms with van der Waals surface area (Å²) in [4.78, 5) is 9.24. The van der Waals surface area contributed by atoms with Gasteiger partial charge >= 0.3 is 0 Å². The van der Waals surface area contributed by atoms with E-state index in [1.807, 2.05) is 24.3 Å².